The molecule has 2 rings (SSSR count). The van der Waals surface area contributed by atoms with E-state index < -0.39 is 0 Å². The van der Waals surface area contributed by atoms with Crippen LogP contribution in [0.1, 0.15) is 18.1 Å². The maximum absolute atomic E-state index is 9.22. The molecule has 14 heavy (non-hydrogen) atoms. The predicted molar refractivity (Wildman–Crippen MR) is 62.1 cm³/mol. The first-order chi connectivity index (χ1) is 6.77. The van der Waals surface area contributed by atoms with Crippen LogP contribution >= 0.6 is 22.9 Å². The first-order valence-corrected chi connectivity index (χ1v) is 5.82. The summed E-state index contributed by atoms with van der Waals surface area (Å²) in [7, 11) is 0. The van der Waals surface area contributed by atoms with Gasteiger partial charge in [-0.1, -0.05) is 18.5 Å². The van der Waals surface area contributed by atoms with Gasteiger partial charge >= 0.3 is 0 Å². The number of aryl methyl sites for hydroxylation is 1. The molecule has 1 aromatic heterocycles. The van der Waals surface area contributed by atoms with Crippen molar-refractivity contribution in [3.05, 3.63) is 33.7 Å². The Hall–Kier alpha value is -0.570. The summed E-state index contributed by atoms with van der Waals surface area (Å²) in [5.74, 6) is 0. The van der Waals surface area contributed by atoms with Crippen LogP contribution in [0.25, 0.3) is 10.1 Å². The molecular weight excluding hydrogens is 216 g/mol. The topological polar surface area (TPSA) is 20.2 Å². The number of benzene rings is 1. The Bertz CT molecular complexity index is 462. The summed E-state index contributed by atoms with van der Waals surface area (Å²) < 4.78 is 1.21. The van der Waals surface area contributed by atoms with Gasteiger partial charge in [-0.15, -0.1) is 11.3 Å². The third-order valence-corrected chi connectivity index (χ3v) is 3.70. The molecule has 0 atom stereocenters. The van der Waals surface area contributed by atoms with Crippen LogP contribution in [0.4, 0.5) is 0 Å². The van der Waals surface area contributed by atoms with Crippen LogP contribution in [0.15, 0.2) is 17.5 Å². The second-order valence-electron chi connectivity index (χ2n) is 3.17. The van der Waals surface area contributed by atoms with Crippen LogP contribution in [-0.2, 0) is 13.0 Å². The zero-order chi connectivity index (χ0) is 10.1. The van der Waals surface area contributed by atoms with Gasteiger partial charge in [0.2, 0.25) is 0 Å². The number of fused-ring (bicyclic) bond motifs is 1. The van der Waals surface area contributed by atoms with Crippen LogP contribution in [0.2, 0.25) is 5.02 Å². The van der Waals surface area contributed by atoms with Crippen molar-refractivity contribution in [1.29, 1.82) is 0 Å². The van der Waals surface area contributed by atoms with E-state index in [2.05, 4.69) is 6.92 Å². The largest absolute Gasteiger partial charge is 0.392 e. The molecule has 0 aliphatic heterocycles. The molecule has 74 valence electrons. The Balaban J connectivity index is 2.82. The summed E-state index contributed by atoms with van der Waals surface area (Å²) in [6.07, 6.45) is 0.935. The highest BCUT2D eigenvalue weighted by Gasteiger charge is 2.09. The lowest BCUT2D eigenvalue weighted by atomic mass is 10.0. The number of hydrogen-bond donors (Lipinski definition) is 1. The molecule has 0 radical (unpaired) electrons. The summed E-state index contributed by atoms with van der Waals surface area (Å²) in [5, 5.41) is 13.1. The Kier molecular flexibility index (Phi) is 2.77. The molecule has 0 amide bonds. The predicted octanol–water partition coefficient (Wildman–Crippen LogP) is 3.61. The molecule has 0 fully saturated rings. The van der Waals surface area contributed by atoms with Gasteiger partial charge in [0.25, 0.3) is 0 Å². The van der Waals surface area contributed by atoms with Crippen LogP contribution in [-0.4, -0.2) is 5.11 Å². The van der Waals surface area contributed by atoms with Crippen molar-refractivity contribution in [2.45, 2.75) is 20.0 Å². The Morgan fingerprint density at radius 2 is 2.29 bits per heavy atom. The maximum Gasteiger partial charge on any atom is 0.0685 e. The third-order valence-electron chi connectivity index (χ3n) is 2.41. The van der Waals surface area contributed by atoms with Crippen molar-refractivity contribution < 1.29 is 5.11 Å². The highest BCUT2D eigenvalue weighted by Crippen LogP contribution is 2.33. The molecule has 1 N–H and O–H groups in total. The van der Waals surface area contributed by atoms with Gasteiger partial charge < -0.3 is 5.11 Å². The van der Waals surface area contributed by atoms with Crippen molar-refractivity contribution in [3.63, 3.8) is 0 Å². The van der Waals surface area contributed by atoms with E-state index in [-0.39, 0.29) is 6.61 Å². The van der Waals surface area contributed by atoms with Gasteiger partial charge in [-0.3, -0.25) is 0 Å². The van der Waals surface area contributed by atoms with Crippen molar-refractivity contribution >= 4 is 33.0 Å². The second-order valence-corrected chi connectivity index (χ2v) is 4.49. The van der Waals surface area contributed by atoms with Crippen LogP contribution in [0.5, 0.6) is 0 Å². The molecular formula is C11H11ClOS. The van der Waals surface area contributed by atoms with Crippen molar-refractivity contribution in [3.8, 4) is 0 Å². The fourth-order valence-electron chi connectivity index (χ4n) is 1.72. The minimum atomic E-state index is 0.0662. The number of thiophene rings is 1. The van der Waals surface area contributed by atoms with E-state index >= 15 is 0 Å². The Morgan fingerprint density at radius 1 is 1.50 bits per heavy atom. The van der Waals surface area contributed by atoms with E-state index in [1.165, 1.54) is 10.3 Å². The zero-order valence-corrected chi connectivity index (χ0v) is 9.45. The van der Waals surface area contributed by atoms with E-state index in [9.17, 15) is 5.11 Å². The fraction of sp³-hybridized carbons (Fsp3) is 0.273. The minimum Gasteiger partial charge on any atom is -0.392 e. The van der Waals surface area contributed by atoms with E-state index in [0.29, 0.717) is 0 Å². The van der Waals surface area contributed by atoms with Gasteiger partial charge in [-0.2, -0.15) is 0 Å². The summed E-state index contributed by atoms with van der Waals surface area (Å²) >= 11 is 7.79. The van der Waals surface area contributed by atoms with E-state index in [0.717, 1.165) is 22.4 Å². The second kappa shape index (κ2) is 3.89. The first-order valence-electron chi connectivity index (χ1n) is 4.56. The molecule has 1 heterocycles. The molecule has 3 heteroatoms. The van der Waals surface area contributed by atoms with Crippen molar-refractivity contribution in [2.75, 3.05) is 0 Å². The maximum atomic E-state index is 9.22. The molecule has 2 aromatic rings. The summed E-state index contributed by atoms with van der Waals surface area (Å²) in [6.45, 7) is 2.16. The molecule has 0 bridgehead atoms. The van der Waals surface area contributed by atoms with Crippen molar-refractivity contribution in [2.24, 2.45) is 0 Å². The smallest absolute Gasteiger partial charge is 0.0685 e. The van der Waals surface area contributed by atoms with Crippen LogP contribution < -0.4 is 0 Å². The van der Waals surface area contributed by atoms with Gasteiger partial charge in [0.15, 0.2) is 0 Å². The molecule has 1 nitrogen and oxygen atoms in total. The van der Waals surface area contributed by atoms with Gasteiger partial charge in [-0.25, -0.2) is 0 Å². The summed E-state index contributed by atoms with van der Waals surface area (Å²) in [5.41, 5.74) is 2.18. The quantitative estimate of drug-likeness (QED) is 0.830. The highest BCUT2D eigenvalue weighted by atomic mass is 35.5. The number of halogens is 1. The van der Waals surface area contributed by atoms with E-state index in [1.54, 1.807) is 11.3 Å². The lowest BCUT2D eigenvalue weighted by molar-refractivity contribution is 0.281. The molecule has 0 aliphatic carbocycles. The van der Waals surface area contributed by atoms with Gasteiger partial charge in [0.1, 0.15) is 0 Å². The van der Waals surface area contributed by atoms with Crippen LogP contribution in [0, 0.1) is 0 Å². The standard InChI is InChI=1S/C11H11ClOS/c1-2-8-7(6-13)5-10(12)9-3-4-14-11(8)9/h3-5,13H,2,6H2,1H3. The molecule has 0 saturated heterocycles. The summed E-state index contributed by atoms with van der Waals surface area (Å²) in [6, 6.07) is 3.90. The number of aliphatic hydroxyl groups excluding tert-OH is 1. The Labute approximate surface area is 91.9 Å². The number of aliphatic hydroxyl groups is 1. The summed E-state index contributed by atoms with van der Waals surface area (Å²) in [4.78, 5) is 0. The van der Waals surface area contributed by atoms with Crippen LogP contribution in [0.3, 0.4) is 0 Å². The average molecular weight is 227 g/mol. The molecule has 0 spiro atoms. The lowest BCUT2D eigenvalue weighted by Crippen LogP contribution is -1.92. The fourth-order valence-corrected chi connectivity index (χ4v) is 3.13. The highest BCUT2D eigenvalue weighted by molar-refractivity contribution is 7.17. The van der Waals surface area contributed by atoms with Gasteiger partial charge in [0, 0.05) is 15.1 Å². The zero-order valence-electron chi connectivity index (χ0n) is 7.88. The van der Waals surface area contributed by atoms with Gasteiger partial charge in [0.05, 0.1) is 6.61 Å². The van der Waals surface area contributed by atoms with Gasteiger partial charge in [-0.05, 0) is 35.1 Å². The first kappa shape index (κ1) is 9.97. The SMILES string of the molecule is CCc1c(CO)cc(Cl)c2ccsc12. The number of hydrogen-bond acceptors (Lipinski definition) is 2. The normalized spacial score (nSPS) is 11.1. The number of rotatable bonds is 2. The van der Waals surface area contributed by atoms with E-state index in [4.69, 9.17) is 11.6 Å². The molecule has 0 aliphatic rings. The third kappa shape index (κ3) is 1.44. The van der Waals surface area contributed by atoms with Crippen molar-refractivity contribution in [1.82, 2.24) is 0 Å². The minimum absolute atomic E-state index is 0.0662. The Morgan fingerprint density at radius 3 is 2.93 bits per heavy atom. The molecule has 0 unspecified atom stereocenters. The molecule has 1 aromatic carbocycles. The lowest BCUT2D eigenvalue weighted by Gasteiger charge is -2.07. The molecule has 0 saturated carbocycles. The average Bonchev–Trinajstić information content (AvgIpc) is 2.66. The monoisotopic (exact) mass is 226 g/mol. The van der Waals surface area contributed by atoms with E-state index in [1.807, 2.05) is 17.5 Å².